The number of hydrogen-bond donors (Lipinski definition) is 5. The Labute approximate surface area is 159 Å². The van der Waals surface area contributed by atoms with E-state index in [0.717, 1.165) is 0 Å². The number of hydrogen-bond acceptors (Lipinski definition) is 7. The van der Waals surface area contributed by atoms with Crippen LogP contribution in [0.15, 0.2) is 40.9 Å². The second-order valence-corrected chi connectivity index (χ2v) is 7.65. The molecule has 0 aliphatic heterocycles. The van der Waals surface area contributed by atoms with E-state index in [4.69, 9.17) is 5.73 Å². The average Bonchev–Trinajstić information content (AvgIpc) is 2.62. The van der Waals surface area contributed by atoms with Crippen LogP contribution in [0.1, 0.15) is 41.6 Å². The maximum absolute atomic E-state index is 13.1. The quantitative estimate of drug-likeness (QED) is 0.453. The Balaban J connectivity index is 1.95. The molecule has 4 atom stereocenters. The molecule has 0 heterocycles. The number of carbonyl (C=O) groups excluding carboxylic acids is 3. The number of carbonyl (C=O) groups is 3. The molecule has 1 aromatic carbocycles. The number of Topliss-reactive ketones (excluding diaryl/α,β-unsaturated/α-hetero) is 2. The zero-order valence-electron chi connectivity index (χ0n) is 15.0. The Bertz CT molecular complexity index is 1020. The molecule has 146 valence electrons. The van der Waals surface area contributed by atoms with Crippen LogP contribution < -0.4 is 5.73 Å². The summed E-state index contributed by atoms with van der Waals surface area (Å²) in [6, 6.07) is 4.67. The largest absolute Gasteiger partial charge is 0.511 e. The van der Waals surface area contributed by atoms with Gasteiger partial charge < -0.3 is 26.2 Å². The van der Waals surface area contributed by atoms with Gasteiger partial charge in [0.05, 0.1) is 5.56 Å². The predicted octanol–water partition coefficient (Wildman–Crippen LogP) is 1.14. The maximum atomic E-state index is 13.1. The molecule has 1 aromatic rings. The van der Waals surface area contributed by atoms with Crippen LogP contribution in [0.5, 0.6) is 5.75 Å². The lowest BCUT2D eigenvalue weighted by Gasteiger charge is -2.47. The number of aliphatic hydroxyl groups is 3. The Morgan fingerprint density at radius 1 is 1.21 bits per heavy atom. The molecule has 1 unspecified atom stereocenters. The molecule has 3 aliphatic carbocycles. The molecule has 0 spiro atoms. The van der Waals surface area contributed by atoms with Crippen LogP contribution in [0.25, 0.3) is 0 Å². The third-order valence-corrected chi connectivity index (χ3v) is 6.30. The van der Waals surface area contributed by atoms with E-state index >= 15 is 0 Å². The van der Waals surface area contributed by atoms with Crippen molar-refractivity contribution in [2.45, 2.75) is 31.3 Å². The van der Waals surface area contributed by atoms with Gasteiger partial charge in [0.25, 0.3) is 5.91 Å². The summed E-state index contributed by atoms with van der Waals surface area (Å²) in [5.41, 5.74) is 2.32. The first-order chi connectivity index (χ1) is 13.1. The second kappa shape index (κ2) is 5.68. The highest BCUT2D eigenvalue weighted by atomic mass is 16.3. The van der Waals surface area contributed by atoms with Crippen molar-refractivity contribution in [3.8, 4) is 5.75 Å². The molecule has 0 radical (unpaired) electrons. The number of allylic oxidation sites excluding steroid dienone is 2. The number of aromatic hydroxyl groups is 1. The van der Waals surface area contributed by atoms with Crippen molar-refractivity contribution in [2.75, 3.05) is 0 Å². The van der Waals surface area contributed by atoms with Crippen molar-refractivity contribution in [3.63, 3.8) is 0 Å². The molecular weight excluding hydrogens is 366 g/mol. The first-order valence-corrected chi connectivity index (χ1v) is 8.89. The summed E-state index contributed by atoms with van der Waals surface area (Å²) in [5.74, 6) is -6.48. The number of nitrogens with two attached hydrogens (primary N) is 1. The average molecular weight is 385 g/mol. The van der Waals surface area contributed by atoms with Crippen LogP contribution in [0, 0.1) is 11.8 Å². The molecule has 28 heavy (non-hydrogen) atoms. The second-order valence-electron chi connectivity index (χ2n) is 7.65. The number of benzene rings is 1. The highest BCUT2D eigenvalue weighted by Crippen LogP contribution is 2.54. The van der Waals surface area contributed by atoms with Crippen molar-refractivity contribution in [2.24, 2.45) is 17.6 Å². The van der Waals surface area contributed by atoms with Gasteiger partial charge in [-0.25, -0.2) is 0 Å². The van der Waals surface area contributed by atoms with Crippen LogP contribution in [0.3, 0.4) is 0 Å². The van der Waals surface area contributed by atoms with Crippen molar-refractivity contribution < 1.29 is 34.8 Å². The SMILES string of the molecule is C[C@@H]1c2cccc(O)c2C(=O)C2=C(O)[C@]3(O)C(=O)C(C(N)=O)=C(O)C[C@@H]3CC21. The van der Waals surface area contributed by atoms with E-state index in [1.165, 1.54) is 6.07 Å². The van der Waals surface area contributed by atoms with Gasteiger partial charge in [0.15, 0.2) is 11.4 Å². The molecule has 0 saturated heterocycles. The van der Waals surface area contributed by atoms with Gasteiger partial charge >= 0.3 is 0 Å². The van der Waals surface area contributed by atoms with E-state index in [0.29, 0.717) is 5.56 Å². The van der Waals surface area contributed by atoms with Crippen molar-refractivity contribution in [1.82, 2.24) is 0 Å². The number of phenolic OH excluding ortho intramolecular Hbond substituents is 1. The van der Waals surface area contributed by atoms with Crippen molar-refractivity contribution >= 4 is 17.5 Å². The standard InChI is InChI=1S/C20H19NO7/c1-7-9-3-2-4-11(22)13(9)16(24)14-10(7)5-8-6-12(23)15(19(21)27)18(26)20(8,28)17(14)25/h2-4,7-8,10,22-23,25,28H,5-6H2,1H3,(H2,21,27)/t7-,8+,10?,20+/m1/s1. The summed E-state index contributed by atoms with van der Waals surface area (Å²) in [4.78, 5) is 37.5. The zero-order chi connectivity index (χ0) is 20.5. The van der Waals surface area contributed by atoms with Gasteiger partial charge in [-0.1, -0.05) is 19.1 Å². The fourth-order valence-electron chi connectivity index (χ4n) is 4.87. The minimum Gasteiger partial charge on any atom is -0.511 e. The number of amides is 1. The smallest absolute Gasteiger partial charge is 0.255 e. The molecule has 0 aromatic heterocycles. The number of rotatable bonds is 1. The van der Waals surface area contributed by atoms with E-state index in [1.807, 2.05) is 6.92 Å². The van der Waals surface area contributed by atoms with Crippen LogP contribution in [-0.2, 0) is 9.59 Å². The monoisotopic (exact) mass is 385 g/mol. The molecule has 3 aliphatic rings. The molecule has 8 nitrogen and oxygen atoms in total. The van der Waals surface area contributed by atoms with Gasteiger partial charge in [-0.3, -0.25) is 14.4 Å². The third-order valence-electron chi connectivity index (χ3n) is 6.30. The normalized spacial score (nSPS) is 32.0. The number of primary amides is 1. The number of aliphatic hydroxyl groups excluding tert-OH is 2. The zero-order valence-corrected chi connectivity index (χ0v) is 15.0. The summed E-state index contributed by atoms with van der Waals surface area (Å²) >= 11 is 0. The Hall–Kier alpha value is -3.13. The fraction of sp³-hybridized carbons (Fsp3) is 0.350. The molecule has 0 saturated carbocycles. The number of phenols is 1. The van der Waals surface area contributed by atoms with Gasteiger partial charge in [-0.2, -0.15) is 0 Å². The summed E-state index contributed by atoms with van der Waals surface area (Å²) in [5, 5.41) is 42.2. The molecule has 6 N–H and O–H groups in total. The first-order valence-electron chi connectivity index (χ1n) is 8.89. The molecule has 0 bridgehead atoms. The predicted molar refractivity (Wildman–Crippen MR) is 95.5 cm³/mol. The highest BCUT2D eigenvalue weighted by molar-refractivity contribution is 6.24. The molecule has 4 rings (SSSR count). The fourth-order valence-corrected chi connectivity index (χ4v) is 4.87. The number of fused-ring (bicyclic) bond motifs is 3. The molecule has 1 amide bonds. The molecule has 8 heteroatoms. The van der Waals surface area contributed by atoms with Crippen LogP contribution in [0.2, 0.25) is 0 Å². The summed E-state index contributed by atoms with van der Waals surface area (Å²) in [7, 11) is 0. The Morgan fingerprint density at radius 3 is 2.54 bits per heavy atom. The van der Waals surface area contributed by atoms with Crippen LogP contribution in [-0.4, -0.2) is 43.5 Å². The van der Waals surface area contributed by atoms with E-state index in [9.17, 15) is 34.8 Å². The Kier molecular flexibility index (Phi) is 3.70. The van der Waals surface area contributed by atoms with Gasteiger partial charge in [-0.15, -0.1) is 0 Å². The summed E-state index contributed by atoms with van der Waals surface area (Å²) in [6.07, 6.45) is -0.109. The van der Waals surface area contributed by atoms with Crippen molar-refractivity contribution in [1.29, 1.82) is 0 Å². The van der Waals surface area contributed by atoms with Gasteiger partial charge in [-0.05, 0) is 29.9 Å². The van der Waals surface area contributed by atoms with Gasteiger partial charge in [0.1, 0.15) is 22.8 Å². The lowest BCUT2D eigenvalue weighted by molar-refractivity contribution is -0.144. The molecule has 0 fully saturated rings. The van der Waals surface area contributed by atoms with E-state index in [-0.39, 0.29) is 35.6 Å². The first kappa shape index (κ1) is 18.2. The van der Waals surface area contributed by atoms with Gasteiger partial charge in [0.2, 0.25) is 5.78 Å². The Morgan fingerprint density at radius 2 is 1.89 bits per heavy atom. The van der Waals surface area contributed by atoms with E-state index in [1.54, 1.807) is 12.1 Å². The summed E-state index contributed by atoms with van der Waals surface area (Å²) in [6.45, 7) is 1.82. The minimum atomic E-state index is -2.53. The minimum absolute atomic E-state index is 0.0200. The third kappa shape index (κ3) is 2.06. The maximum Gasteiger partial charge on any atom is 0.255 e. The highest BCUT2D eigenvalue weighted by Gasteiger charge is 2.60. The van der Waals surface area contributed by atoms with E-state index < -0.39 is 52.0 Å². The molecular formula is C20H19NO7. The topological polar surface area (TPSA) is 158 Å². The van der Waals surface area contributed by atoms with Crippen LogP contribution >= 0.6 is 0 Å². The van der Waals surface area contributed by atoms with E-state index in [2.05, 4.69) is 0 Å². The number of ketones is 2. The lowest BCUT2D eigenvalue weighted by atomic mass is 9.58. The van der Waals surface area contributed by atoms with Crippen molar-refractivity contribution in [3.05, 3.63) is 52.0 Å². The van der Waals surface area contributed by atoms with Gasteiger partial charge in [0, 0.05) is 17.9 Å². The van der Waals surface area contributed by atoms with Crippen LogP contribution in [0.4, 0.5) is 0 Å². The summed E-state index contributed by atoms with van der Waals surface area (Å²) < 4.78 is 0. The lowest BCUT2D eigenvalue weighted by Crippen LogP contribution is -2.57.